The van der Waals surface area contributed by atoms with E-state index in [9.17, 15) is 9.59 Å². The molecule has 0 saturated carbocycles. The highest BCUT2D eigenvalue weighted by Gasteiger charge is 2.16. The smallest absolute Gasteiger partial charge is 0.261 e. The number of halogens is 1. The van der Waals surface area contributed by atoms with Gasteiger partial charge >= 0.3 is 0 Å². The molecule has 0 aliphatic rings. The Morgan fingerprint density at radius 1 is 1.07 bits per heavy atom. The molecule has 2 rings (SSSR count). The number of hydrogen-bond acceptors (Lipinski definition) is 4. The second kappa shape index (κ2) is 10.5. The molecule has 160 valence electrons. The molecule has 0 aliphatic heterocycles. The van der Waals surface area contributed by atoms with E-state index in [2.05, 4.69) is 31.9 Å². The Hall–Kier alpha value is -2.45. The van der Waals surface area contributed by atoms with Crippen LogP contribution in [-0.2, 0) is 0 Å². The third-order valence-corrected chi connectivity index (χ3v) is 4.47. The summed E-state index contributed by atoms with van der Waals surface area (Å²) in [4.78, 5) is 24.9. The predicted molar refractivity (Wildman–Crippen MR) is 127 cm³/mol. The molecule has 30 heavy (non-hydrogen) atoms. The van der Waals surface area contributed by atoms with Gasteiger partial charge in [-0.15, -0.1) is 0 Å². The fraction of sp³-hybridized carbons (Fsp3) is 0.318. The topological polar surface area (TPSA) is 79.5 Å². The lowest BCUT2D eigenvalue weighted by atomic mass is 10.1. The maximum atomic E-state index is 12.7. The number of rotatable bonds is 6. The number of amides is 2. The van der Waals surface area contributed by atoms with Crippen LogP contribution in [0.1, 0.15) is 54.8 Å². The van der Waals surface area contributed by atoms with Gasteiger partial charge in [0.2, 0.25) is 0 Å². The number of carbonyl (C=O) groups excluding carboxylic acids is 2. The van der Waals surface area contributed by atoms with Crippen molar-refractivity contribution >= 4 is 50.8 Å². The highest BCUT2D eigenvalue weighted by Crippen LogP contribution is 2.23. The molecule has 0 heterocycles. The van der Waals surface area contributed by atoms with Crippen LogP contribution in [-0.4, -0.2) is 29.1 Å². The summed E-state index contributed by atoms with van der Waals surface area (Å²) < 4.78 is 6.41. The summed E-state index contributed by atoms with van der Waals surface area (Å²) in [5, 5.41) is 8.66. The maximum absolute atomic E-state index is 12.7. The summed E-state index contributed by atoms with van der Waals surface area (Å²) in [6, 6.07) is 12.1. The summed E-state index contributed by atoms with van der Waals surface area (Å²) in [7, 11) is 0. The van der Waals surface area contributed by atoms with Gasteiger partial charge in [-0.3, -0.25) is 14.9 Å². The highest BCUT2D eigenvalue weighted by molar-refractivity contribution is 9.10. The van der Waals surface area contributed by atoms with Gasteiger partial charge in [-0.25, -0.2) is 0 Å². The summed E-state index contributed by atoms with van der Waals surface area (Å²) in [6.07, 6.45) is 0.834. The molecular weight excluding hydrogens is 466 g/mol. The largest absolute Gasteiger partial charge is 0.493 e. The van der Waals surface area contributed by atoms with E-state index in [-0.39, 0.29) is 22.5 Å². The number of nitrogens with one attached hydrogen (secondary N) is 3. The zero-order valence-electron chi connectivity index (χ0n) is 17.5. The van der Waals surface area contributed by atoms with Gasteiger partial charge in [0, 0.05) is 21.3 Å². The molecule has 6 nitrogen and oxygen atoms in total. The van der Waals surface area contributed by atoms with Crippen LogP contribution < -0.4 is 20.7 Å². The van der Waals surface area contributed by atoms with E-state index < -0.39 is 0 Å². The van der Waals surface area contributed by atoms with Crippen molar-refractivity contribution in [2.75, 3.05) is 11.9 Å². The Bertz CT molecular complexity index is 924. The number of benzene rings is 2. The zero-order chi connectivity index (χ0) is 22.3. The van der Waals surface area contributed by atoms with E-state index in [1.54, 1.807) is 36.4 Å². The van der Waals surface area contributed by atoms with E-state index in [4.69, 9.17) is 17.0 Å². The van der Waals surface area contributed by atoms with E-state index in [1.807, 2.05) is 33.8 Å². The first-order valence-corrected chi connectivity index (χ1v) is 10.8. The van der Waals surface area contributed by atoms with Gasteiger partial charge in [0.15, 0.2) is 5.11 Å². The van der Waals surface area contributed by atoms with Crippen molar-refractivity contribution in [1.29, 1.82) is 0 Å². The summed E-state index contributed by atoms with van der Waals surface area (Å²) in [6.45, 7) is 8.28. The number of thiocarbonyl (C=S) groups is 1. The number of anilines is 1. The quantitative estimate of drug-likeness (QED) is 0.501. The van der Waals surface area contributed by atoms with Crippen molar-refractivity contribution in [3.8, 4) is 5.75 Å². The molecule has 3 N–H and O–H groups in total. The fourth-order valence-electron chi connectivity index (χ4n) is 2.47. The van der Waals surface area contributed by atoms with E-state index in [0.29, 0.717) is 29.2 Å². The van der Waals surface area contributed by atoms with Crippen LogP contribution in [0.4, 0.5) is 5.69 Å². The maximum Gasteiger partial charge on any atom is 0.261 e. The Morgan fingerprint density at radius 3 is 2.33 bits per heavy atom. The van der Waals surface area contributed by atoms with Gasteiger partial charge in [0.1, 0.15) is 5.75 Å². The number of ether oxygens (including phenoxy) is 1. The minimum Gasteiger partial charge on any atom is -0.493 e. The van der Waals surface area contributed by atoms with Gasteiger partial charge in [-0.2, -0.15) is 0 Å². The van der Waals surface area contributed by atoms with Crippen LogP contribution in [0.2, 0.25) is 0 Å². The van der Waals surface area contributed by atoms with Crippen LogP contribution in [0, 0.1) is 0 Å². The number of hydrogen-bond donors (Lipinski definition) is 3. The first kappa shape index (κ1) is 23.8. The molecule has 0 bridgehead atoms. The van der Waals surface area contributed by atoms with Crippen LogP contribution in [0.3, 0.4) is 0 Å². The average Bonchev–Trinajstić information content (AvgIpc) is 2.66. The fourth-order valence-corrected chi connectivity index (χ4v) is 3.04. The van der Waals surface area contributed by atoms with Crippen molar-refractivity contribution in [1.82, 2.24) is 10.6 Å². The first-order chi connectivity index (χ1) is 14.1. The van der Waals surface area contributed by atoms with Crippen molar-refractivity contribution < 1.29 is 14.3 Å². The Labute approximate surface area is 190 Å². The normalized spacial score (nSPS) is 10.8. The van der Waals surface area contributed by atoms with Gasteiger partial charge in [-0.05, 0) is 81.9 Å². The van der Waals surface area contributed by atoms with E-state index in [1.165, 1.54) is 0 Å². The van der Waals surface area contributed by atoms with Gasteiger partial charge in [0.05, 0.1) is 12.2 Å². The Kier molecular flexibility index (Phi) is 8.37. The lowest BCUT2D eigenvalue weighted by Gasteiger charge is -2.20. The second-order valence-electron chi connectivity index (χ2n) is 7.68. The van der Waals surface area contributed by atoms with Crippen LogP contribution >= 0.6 is 28.1 Å². The van der Waals surface area contributed by atoms with Gasteiger partial charge in [-0.1, -0.05) is 22.9 Å². The molecule has 0 spiro atoms. The predicted octanol–water partition coefficient (Wildman–Crippen LogP) is 4.89. The lowest BCUT2D eigenvalue weighted by Crippen LogP contribution is -2.40. The summed E-state index contributed by atoms with van der Waals surface area (Å²) in [5.41, 5.74) is 1.27. The molecule has 0 atom stereocenters. The average molecular weight is 492 g/mol. The Morgan fingerprint density at radius 2 is 1.73 bits per heavy atom. The minimum absolute atomic E-state index is 0.147. The van der Waals surface area contributed by atoms with Crippen molar-refractivity contribution in [3.05, 3.63) is 58.1 Å². The van der Waals surface area contributed by atoms with Crippen LogP contribution in [0.15, 0.2) is 46.9 Å². The Balaban J connectivity index is 2.01. The molecule has 0 aromatic heterocycles. The van der Waals surface area contributed by atoms with Crippen LogP contribution in [0.25, 0.3) is 0 Å². The van der Waals surface area contributed by atoms with Gasteiger partial charge < -0.3 is 15.4 Å². The molecule has 0 unspecified atom stereocenters. The number of carbonyl (C=O) groups is 2. The first-order valence-electron chi connectivity index (χ1n) is 9.56. The third kappa shape index (κ3) is 7.42. The van der Waals surface area contributed by atoms with Crippen molar-refractivity contribution in [2.45, 2.75) is 39.7 Å². The van der Waals surface area contributed by atoms with Crippen molar-refractivity contribution in [3.63, 3.8) is 0 Å². The molecule has 8 heteroatoms. The standard InChI is InChI=1S/C22H26BrN3O3S/c1-5-12-29-18-11-8-15(23)13-17(18)20(28)25-21(30)24-16-9-6-14(7-10-16)19(27)26-22(2,3)4/h6-11,13H,5,12H2,1-4H3,(H,26,27)(H2,24,25,28,30). The lowest BCUT2D eigenvalue weighted by molar-refractivity contribution is 0.0918. The molecular formula is C22H26BrN3O3S. The van der Waals surface area contributed by atoms with E-state index >= 15 is 0 Å². The molecule has 0 radical (unpaired) electrons. The van der Waals surface area contributed by atoms with E-state index in [0.717, 1.165) is 10.9 Å². The molecule has 2 aromatic carbocycles. The second-order valence-corrected chi connectivity index (χ2v) is 9.00. The van der Waals surface area contributed by atoms with Gasteiger partial charge in [0.25, 0.3) is 11.8 Å². The SMILES string of the molecule is CCCOc1ccc(Br)cc1C(=O)NC(=S)Nc1ccc(C(=O)NC(C)(C)C)cc1. The minimum atomic E-state index is -0.374. The molecule has 2 amide bonds. The highest BCUT2D eigenvalue weighted by atomic mass is 79.9. The summed E-state index contributed by atoms with van der Waals surface area (Å²) >= 11 is 8.63. The molecule has 0 aliphatic carbocycles. The summed E-state index contributed by atoms with van der Waals surface area (Å²) in [5.74, 6) is -0.0326. The molecule has 2 aromatic rings. The zero-order valence-corrected chi connectivity index (χ0v) is 19.9. The molecule has 0 fully saturated rings. The molecule has 0 saturated heterocycles. The third-order valence-electron chi connectivity index (χ3n) is 3.77. The van der Waals surface area contributed by atoms with Crippen LogP contribution in [0.5, 0.6) is 5.75 Å². The van der Waals surface area contributed by atoms with Crippen molar-refractivity contribution in [2.24, 2.45) is 0 Å². The monoisotopic (exact) mass is 491 g/mol.